The molecule has 0 aliphatic rings. The second-order valence-electron chi connectivity index (χ2n) is 7.96. The average Bonchev–Trinajstić information content (AvgIpc) is 2.60. The van der Waals surface area contributed by atoms with E-state index in [1.165, 1.54) is 108 Å². The summed E-state index contributed by atoms with van der Waals surface area (Å²) in [5.41, 5.74) is 1.42. The van der Waals surface area contributed by atoms with Gasteiger partial charge in [-0.15, -0.1) is 0 Å². The lowest BCUT2D eigenvalue weighted by Crippen LogP contribution is -1.89. The predicted molar refractivity (Wildman–Crippen MR) is 113 cm³/mol. The molecule has 0 rings (SSSR count). The van der Waals surface area contributed by atoms with Crippen molar-refractivity contribution in [1.29, 1.82) is 0 Å². The molecule has 0 aromatic carbocycles. The molecule has 0 aliphatic carbocycles. The standard InChI is InChI=1S/C24H46O/c1-4-23(2)21-19-17-15-13-11-9-7-5-6-8-10-12-14-16-18-20-22-24(3)25/h2,4-22H2,1,3H3. The summed E-state index contributed by atoms with van der Waals surface area (Å²) >= 11 is 0. The van der Waals surface area contributed by atoms with Crippen LogP contribution in [0.3, 0.4) is 0 Å². The van der Waals surface area contributed by atoms with Crippen LogP contribution in [0.4, 0.5) is 0 Å². The minimum absolute atomic E-state index is 0.346. The maximum Gasteiger partial charge on any atom is 0.129 e. The molecule has 0 spiro atoms. The number of carbonyl (C=O) groups is 1. The van der Waals surface area contributed by atoms with Gasteiger partial charge in [-0.05, 0) is 32.6 Å². The lowest BCUT2D eigenvalue weighted by Gasteiger charge is -2.04. The number of ketones is 1. The van der Waals surface area contributed by atoms with Crippen LogP contribution in [0.25, 0.3) is 0 Å². The van der Waals surface area contributed by atoms with Crippen LogP contribution in [-0.2, 0) is 4.79 Å². The largest absolute Gasteiger partial charge is 0.300 e. The third-order valence-electron chi connectivity index (χ3n) is 5.31. The zero-order valence-electron chi connectivity index (χ0n) is 17.6. The van der Waals surface area contributed by atoms with Crippen LogP contribution in [0, 0.1) is 0 Å². The summed E-state index contributed by atoms with van der Waals surface area (Å²) in [4.78, 5) is 10.8. The SMILES string of the molecule is C=C(CC)CCCCCCCCCCCCCCCCCCC(C)=O. The number of hydrogen-bond donors (Lipinski definition) is 0. The summed E-state index contributed by atoms with van der Waals surface area (Å²) in [5.74, 6) is 0.346. The van der Waals surface area contributed by atoms with Crippen molar-refractivity contribution < 1.29 is 4.79 Å². The molecule has 0 atom stereocenters. The fourth-order valence-electron chi connectivity index (χ4n) is 3.40. The Morgan fingerprint density at radius 2 is 0.840 bits per heavy atom. The molecule has 0 saturated carbocycles. The van der Waals surface area contributed by atoms with Crippen LogP contribution in [-0.4, -0.2) is 5.78 Å². The molecule has 0 N–H and O–H groups in total. The fraction of sp³-hybridized carbons (Fsp3) is 0.875. The van der Waals surface area contributed by atoms with E-state index in [4.69, 9.17) is 0 Å². The van der Waals surface area contributed by atoms with Gasteiger partial charge in [-0.25, -0.2) is 0 Å². The third-order valence-corrected chi connectivity index (χ3v) is 5.31. The molecule has 0 heterocycles. The van der Waals surface area contributed by atoms with Gasteiger partial charge in [0, 0.05) is 6.42 Å². The Hall–Kier alpha value is -0.590. The van der Waals surface area contributed by atoms with Crippen LogP contribution in [0.5, 0.6) is 0 Å². The van der Waals surface area contributed by atoms with Crippen LogP contribution in [0.2, 0.25) is 0 Å². The molecule has 1 nitrogen and oxygen atoms in total. The van der Waals surface area contributed by atoms with Crippen molar-refractivity contribution in [2.75, 3.05) is 0 Å². The Balaban J connectivity index is 3.03. The highest BCUT2D eigenvalue weighted by Crippen LogP contribution is 2.15. The van der Waals surface area contributed by atoms with Crippen LogP contribution >= 0.6 is 0 Å². The van der Waals surface area contributed by atoms with Crippen LogP contribution in [0.1, 0.15) is 136 Å². The van der Waals surface area contributed by atoms with E-state index < -0.39 is 0 Å². The molecule has 148 valence electrons. The molecule has 1 heteroatoms. The summed E-state index contributed by atoms with van der Waals surface area (Å²) in [5, 5.41) is 0. The first-order chi connectivity index (χ1) is 12.2. The van der Waals surface area contributed by atoms with Crippen molar-refractivity contribution in [2.24, 2.45) is 0 Å². The van der Waals surface area contributed by atoms with Gasteiger partial charge in [-0.2, -0.15) is 0 Å². The van der Waals surface area contributed by atoms with E-state index >= 15 is 0 Å². The lowest BCUT2D eigenvalue weighted by atomic mass is 10.0. The number of carbonyl (C=O) groups excluding carboxylic acids is 1. The quantitative estimate of drug-likeness (QED) is 0.159. The maximum absolute atomic E-state index is 10.8. The summed E-state index contributed by atoms with van der Waals surface area (Å²) < 4.78 is 0. The Labute approximate surface area is 159 Å². The van der Waals surface area contributed by atoms with E-state index in [1.54, 1.807) is 6.92 Å². The molecule has 0 radical (unpaired) electrons. The van der Waals surface area contributed by atoms with Crippen molar-refractivity contribution in [3.8, 4) is 0 Å². The highest BCUT2D eigenvalue weighted by molar-refractivity contribution is 5.75. The van der Waals surface area contributed by atoms with Crippen molar-refractivity contribution in [3.05, 3.63) is 12.2 Å². The van der Waals surface area contributed by atoms with Gasteiger partial charge in [0.2, 0.25) is 0 Å². The summed E-state index contributed by atoms with van der Waals surface area (Å²) in [7, 11) is 0. The first-order valence-electron chi connectivity index (χ1n) is 11.3. The monoisotopic (exact) mass is 350 g/mol. The van der Waals surface area contributed by atoms with Gasteiger partial charge in [0.15, 0.2) is 0 Å². The third kappa shape index (κ3) is 21.4. The van der Waals surface area contributed by atoms with Crippen molar-refractivity contribution in [3.63, 3.8) is 0 Å². The lowest BCUT2D eigenvalue weighted by molar-refractivity contribution is -0.117. The average molecular weight is 351 g/mol. The first kappa shape index (κ1) is 24.4. The van der Waals surface area contributed by atoms with E-state index in [0.717, 1.165) is 19.3 Å². The molecular formula is C24H46O. The zero-order chi connectivity index (χ0) is 18.6. The number of Topliss-reactive ketones (excluding diaryl/α,β-unsaturated/α-hetero) is 1. The zero-order valence-corrected chi connectivity index (χ0v) is 17.6. The Morgan fingerprint density at radius 1 is 0.560 bits per heavy atom. The van der Waals surface area contributed by atoms with Crippen molar-refractivity contribution in [2.45, 2.75) is 136 Å². The molecule has 0 aliphatic heterocycles. The highest BCUT2D eigenvalue weighted by atomic mass is 16.1. The van der Waals surface area contributed by atoms with Crippen molar-refractivity contribution in [1.82, 2.24) is 0 Å². The second-order valence-corrected chi connectivity index (χ2v) is 7.96. The Kier molecular flexibility index (Phi) is 19.3. The van der Waals surface area contributed by atoms with E-state index in [9.17, 15) is 4.79 Å². The molecule has 25 heavy (non-hydrogen) atoms. The number of hydrogen-bond acceptors (Lipinski definition) is 1. The number of rotatable bonds is 20. The van der Waals surface area contributed by atoms with Gasteiger partial charge >= 0.3 is 0 Å². The number of unbranched alkanes of at least 4 members (excludes halogenated alkanes) is 15. The van der Waals surface area contributed by atoms with E-state index in [1.807, 2.05) is 0 Å². The Morgan fingerprint density at radius 3 is 1.12 bits per heavy atom. The fourth-order valence-corrected chi connectivity index (χ4v) is 3.40. The first-order valence-corrected chi connectivity index (χ1v) is 11.3. The van der Waals surface area contributed by atoms with Crippen molar-refractivity contribution >= 4 is 5.78 Å². The summed E-state index contributed by atoms with van der Waals surface area (Å²) in [6.07, 6.45) is 25.2. The predicted octanol–water partition coefficient (Wildman–Crippen LogP) is 8.56. The summed E-state index contributed by atoms with van der Waals surface area (Å²) in [6.45, 7) is 7.99. The molecule has 0 aromatic rings. The van der Waals surface area contributed by atoms with E-state index in [0.29, 0.717) is 5.78 Å². The van der Waals surface area contributed by atoms with Gasteiger partial charge in [0.1, 0.15) is 5.78 Å². The van der Waals surface area contributed by atoms with Crippen LogP contribution in [0.15, 0.2) is 12.2 Å². The molecule has 0 unspecified atom stereocenters. The summed E-state index contributed by atoms with van der Waals surface area (Å²) in [6, 6.07) is 0. The van der Waals surface area contributed by atoms with Gasteiger partial charge in [-0.1, -0.05) is 109 Å². The smallest absolute Gasteiger partial charge is 0.129 e. The molecule has 0 saturated heterocycles. The van der Waals surface area contributed by atoms with E-state index in [-0.39, 0.29) is 0 Å². The molecule has 0 amide bonds. The number of allylic oxidation sites excluding steroid dienone is 1. The topological polar surface area (TPSA) is 17.1 Å². The second kappa shape index (κ2) is 19.7. The maximum atomic E-state index is 10.8. The highest BCUT2D eigenvalue weighted by Gasteiger charge is 1.96. The van der Waals surface area contributed by atoms with Gasteiger partial charge in [-0.3, -0.25) is 0 Å². The van der Waals surface area contributed by atoms with E-state index in [2.05, 4.69) is 13.5 Å². The molecule has 0 bridgehead atoms. The van der Waals surface area contributed by atoms with Gasteiger partial charge < -0.3 is 4.79 Å². The normalized spacial score (nSPS) is 11.0. The van der Waals surface area contributed by atoms with Crippen LogP contribution < -0.4 is 0 Å². The molecular weight excluding hydrogens is 304 g/mol. The van der Waals surface area contributed by atoms with Gasteiger partial charge in [0.25, 0.3) is 0 Å². The minimum atomic E-state index is 0.346. The Bertz CT molecular complexity index is 305. The van der Waals surface area contributed by atoms with Gasteiger partial charge in [0.05, 0.1) is 0 Å². The molecule has 0 aromatic heterocycles. The minimum Gasteiger partial charge on any atom is -0.300 e. The molecule has 0 fully saturated rings.